The molecule has 0 saturated heterocycles. The maximum Gasteiger partial charge on any atom is 0.321 e. The summed E-state index contributed by atoms with van der Waals surface area (Å²) in [7, 11) is 1.33. The summed E-state index contributed by atoms with van der Waals surface area (Å²) in [5, 5.41) is 4.73. The van der Waals surface area contributed by atoms with Gasteiger partial charge in [-0.05, 0) is 5.56 Å². The highest BCUT2D eigenvalue weighted by Gasteiger charge is 2.20. The van der Waals surface area contributed by atoms with Crippen molar-refractivity contribution in [2.45, 2.75) is 13.5 Å². The standard InChI is InChI=1S/C18H25N3O4/c1-4-10-19-18(24)20-16(22)13-21(11-14(2)17(23)25-3)12-15-8-6-5-7-9-15/h4-9,14H,1,10-13H2,2-3H3,(H2,19,20,22,24). The second kappa shape index (κ2) is 11.0. The van der Waals surface area contributed by atoms with Gasteiger partial charge in [-0.1, -0.05) is 43.3 Å². The fourth-order valence-electron chi connectivity index (χ4n) is 2.27. The number of hydrogen-bond donors (Lipinski definition) is 2. The second-order valence-electron chi connectivity index (χ2n) is 5.63. The van der Waals surface area contributed by atoms with E-state index in [1.165, 1.54) is 13.2 Å². The molecule has 1 aromatic carbocycles. The lowest BCUT2D eigenvalue weighted by atomic mass is 10.1. The Hall–Kier alpha value is -2.67. The quantitative estimate of drug-likeness (QED) is 0.519. The number of urea groups is 1. The van der Waals surface area contributed by atoms with Crippen LogP contribution in [0.5, 0.6) is 0 Å². The molecule has 3 amide bonds. The minimum atomic E-state index is -0.578. The Kier molecular flexibility index (Phi) is 8.95. The summed E-state index contributed by atoms with van der Waals surface area (Å²) in [6.45, 7) is 6.29. The van der Waals surface area contributed by atoms with E-state index < -0.39 is 17.9 Å². The van der Waals surface area contributed by atoms with Crippen LogP contribution in [0.4, 0.5) is 4.79 Å². The first-order valence-corrected chi connectivity index (χ1v) is 7.99. The summed E-state index contributed by atoms with van der Waals surface area (Å²) in [5.41, 5.74) is 1.00. The van der Waals surface area contributed by atoms with Crippen LogP contribution in [0.15, 0.2) is 43.0 Å². The van der Waals surface area contributed by atoms with Crippen LogP contribution < -0.4 is 10.6 Å². The topological polar surface area (TPSA) is 87.7 Å². The van der Waals surface area contributed by atoms with Gasteiger partial charge in [0.05, 0.1) is 19.6 Å². The highest BCUT2D eigenvalue weighted by Crippen LogP contribution is 2.08. The third kappa shape index (κ3) is 8.12. The molecule has 0 radical (unpaired) electrons. The highest BCUT2D eigenvalue weighted by atomic mass is 16.5. The van der Waals surface area contributed by atoms with Crippen molar-refractivity contribution in [1.29, 1.82) is 0 Å². The van der Waals surface area contributed by atoms with E-state index in [1.807, 2.05) is 30.3 Å². The van der Waals surface area contributed by atoms with Gasteiger partial charge in [0.15, 0.2) is 0 Å². The molecule has 0 saturated carbocycles. The Morgan fingerprint density at radius 1 is 1.28 bits per heavy atom. The van der Waals surface area contributed by atoms with Crippen molar-refractivity contribution in [3.8, 4) is 0 Å². The number of hydrogen-bond acceptors (Lipinski definition) is 5. The van der Waals surface area contributed by atoms with Gasteiger partial charge in [-0.3, -0.25) is 19.8 Å². The summed E-state index contributed by atoms with van der Waals surface area (Å²) < 4.78 is 4.74. The molecule has 136 valence electrons. The predicted octanol–water partition coefficient (Wildman–Crippen LogP) is 1.31. The van der Waals surface area contributed by atoms with Gasteiger partial charge >= 0.3 is 12.0 Å². The van der Waals surface area contributed by atoms with Crippen molar-refractivity contribution in [3.63, 3.8) is 0 Å². The van der Waals surface area contributed by atoms with E-state index in [9.17, 15) is 14.4 Å². The Morgan fingerprint density at radius 3 is 2.56 bits per heavy atom. The van der Waals surface area contributed by atoms with E-state index in [0.717, 1.165) is 5.56 Å². The fraction of sp³-hybridized carbons (Fsp3) is 0.389. The Labute approximate surface area is 148 Å². The van der Waals surface area contributed by atoms with Crippen molar-refractivity contribution in [3.05, 3.63) is 48.6 Å². The molecule has 1 atom stereocenters. The summed E-state index contributed by atoms with van der Waals surface area (Å²) in [4.78, 5) is 37.1. The minimum absolute atomic E-state index is 0.0161. The number of amides is 3. The third-order valence-electron chi connectivity index (χ3n) is 3.41. The molecule has 0 aliphatic heterocycles. The van der Waals surface area contributed by atoms with Crippen molar-refractivity contribution in [2.24, 2.45) is 5.92 Å². The maximum absolute atomic E-state index is 12.1. The van der Waals surface area contributed by atoms with Gasteiger partial charge in [-0.25, -0.2) is 4.79 Å². The molecule has 2 N–H and O–H groups in total. The lowest BCUT2D eigenvalue weighted by Crippen LogP contribution is -2.45. The summed E-state index contributed by atoms with van der Waals surface area (Å²) in [5.74, 6) is -1.19. The first-order valence-electron chi connectivity index (χ1n) is 7.99. The molecular weight excluding hydrogens is 322 g/mol. The van der Waals surface area contributed by atoms with Crippen molar-refractivity contribution in [2.75, 3.05) is 26.7 Å². The zero-order valence-corrected chi connectivity index (χ0v) is 14.7. The Morgan fingerprint density at radius 2 is 1.96 bits per heavy atom. The van der Waals surface area contributed by atoms with Crippen LogP contribution in [-0.4, -0.2) is 49.6 Å². The molecule has 0 heterocycles. The van der Waals surface area contributed by atoms with E-state index in [1.54, 1.807) is 11.8 Å². The number of nitrogens with zero attached hydrogens (tertiary/aromatic N) is 1. The molecule has 0 aliphatic carbocycles. The molecule has 7 heteroatoms. The Balaban J connectivity index is 2.69. The van der Waals surface area contributed by atoms with Crippen molar-refractivity contribution >= 4 is 17.9 Å². The number of rotatable bonds is 9. The van der Waals surface area contributed by atoms with Crippen molar-refractivity contribution < 1.29 is 19.1 Å². The second-order valence-corrected chi connectivity index (χ2v) is 5.63. The molecule has 7 nitrogen and oxygen atoms in total. The van der Waals surface area contributed by atoms with E-state index in [0.29, 0.717) is 13.1 Å². The van der Waals surface area contributed by atoms with Crippen molar-refractivity contribution in [1.82, 2.24) is 15.5 Å². The number of nitrogens with one attached hydrogen (secondary N) is 2. The molecule has 0 aromatic heterocycles. The van der Waals surface area contributed by atoms with Crippen LogP contribution in [-0.2, 0) is 20.9 Å². The first-order chi connectivity index (χ1) is 12.0. The number of methoxy groups -OCH3 is 1. The van der Waals surface area contributed by atoms with Gasteiger partial charge in [0.1, 0.15) is 0 Å². The summed E-state index contributed by atoms with van der Waals surface area (Å²) in [6.07, 6.45) is 1.52. The molecule has 0 aliphatic rings. The fourth-order valence-corrected chi connectivity index (χ4v) is 2.27. The van der Waals surface area contributed by atoms with Crippen LogP contribution in [0.2, 0.25) is 0 Å². The van der Waals surface area contributed by atoms with E-state index >= 15 is 0 Å². The first kappa shape index (κ1) is 20.4. The minimum Gasteiger partial charge on any atom is -0.469 e. The largest absolute Gasteiger partial charge is 0.469 e. The smallest absolute Gasteiger partial charge is 0.321 e. The molecule has 0 spiro atoms. The van der Waals surface area contributed by atoms with Gasteiger partial charge in [0, 0.05) is 19.6 Å². The molecular formula is C18H25N3O4. The summed E-state index contributed by atoms with van der Waals surface area (Å²) >= 11 is 0. The monoisotopic (exact) mass is 347 g/mol. The average molecular weight is 347 g/mol. The van der Waals surface area contributed by atoms with E-state index in [4.69, 9.17) is 4.74 Å². The third-order valence-corrected chi connectivity index (χ3v) is 3.41. The zero-order chi connectivity index (χ0) is 18.7. The van der Waals surface area contributed by atoms with Crippen LogP contribution in [0.25, 0.3) is 0 Å². The SMILES string of the molecule is C=CCNC(=O)NC(=O)CN(Cc1ccccc1)CC(C)C(=O)OC. The van der Waals surface area contributed by atoms with E-state index in [2.05, 4.69) is 17.2 Å². The summed E-state index contributed by atoms with van der Waals surface area (Å²) in [6, 6.07) is 9.00. The molecule has 25 heavy (non-hydrogen) atoms. The highest BCUT2D eigenvalue weighted by molar-refractivity contribution is 5.95. The lowest BCUT2D eigenvalue weighted by Gasteiger charge is -2.24. The van der Waals surface area contributed by atoms with Gasteiger partial charge in [-0.15, -0.1) is 6.58 Å². The lowest BCUT2D eigenvalue weighted by molar-refractivity contribution is -0.145. The molecule has 1 aromatic rings. The number of imide groups is 1. The van der Waals surface area contributed by atoms with Crippen LogP contribution in [0.1, 0.15) is 12.5 Å². The molecule has 1 rings (SSSR count). The maximum atomic E-state index is 12.1. The van der Waals surface area contributed by atoms with Crippen LogP contribution in [0.3, 0.4) is 0 Å². The van der Waals surface area contributed by atoms with Gasteiger partial charge < -0.3 is 10.1 Å². The van der Waals surface area contributed by atoms with Crippen LogP contribution in [0, 0.1) is 5.92 Å². The number of esters is 1. The number of carbonyl (C=O) groups excluding carboxylic acids is 3. The Bertz CT molecular complexity index is 589. The zero-order valence-electron chi connectivity index (χ0n) is 14.7. The number of benzene rings is 1. The van der Waals surface area contributed by atoms with E-state index in [-0.39, 0.29) is 19.1 Å². The number of carbonyl (C=O) groups is 3. The number of ether oxygens (including phenoxy) is 1. The molecule has 0 fully saturated rings. The van der Waals surface area contributed by atoms with Gasteiger partial charge in [0.2, 0.25) is 5.91 Å². The van der Waals surface area contributed by atoms with Gasteiger partial charge in [-0.2, -0.15) is 0 Å². The predicted molar refractivity (Wildman–Crippen MR) is 94.6 cm³/mol. The van der Waals surface area contributed by atoms with Crippen LogP contribution >= 0.6 is 0 Å². The van der Waals surface area contributed by atoms with Gasteiger partial charge in [0.25, 0.3) is 0 Å². The average Bonchev–Trinajstić information content (AvgIpc) is 2.59. The normalized spacial score (nSPS) is 11.5. The molecule has 1 unspecified atom stereocenters. The molecule has 0 bridgehead atoms.